The third kappa shape index (κ3) is 2.12. The summed E-state index contributed by atoms with van der Waals surface area (Å²) in [5, 5.41) is 3.41. The zero-order valence-electron chi connectivity index (χ0n) is 10.6. The summed E-state index contributed by atoms with van der Waals surface area (Å²) in [6.07, 6.45) is 2.68. The van der Waals surface area contributed by atoms with Crippen LogP contribution in [0.2, 0.25) is 0 Å². The molecule has 4 heteroatoms. The van der Waals surface area contributed by atoms with Crippen molar-refractivity contribution in [1.29, 1.82) is 0 Å². The molecule has 1 heterocycles. The van der Waals surface area contributed by atoms with Gasteiger partial charge in [-0.1, -0.05) is 6.07 Å². The van der Waals surface area contributed by atoms with Gasteiger partial charge in [-0.15, -0.1) is 0 Å². The van der Waals surface area contributed by atoms with Gasteiger partial charge in [0.1, 0.15) is 11.3 Å². The zero-order valence-corrected chi connectivity index (χ0v) is 10.6. The molecule has 0 bridgehead atoms. The SMILES string of the molecule is CCn1c(CNCC2CC2)nc2c(F)cccc21. The van der Waals surface area contributed by atoms with Gasteiger partial charge in [0, 0.05) is 6.54 Å². The predicted octanol–water partition coefficient (Wildman–Crippen LogP) is 2.69. The summed E-state index contributed by atoms with van der Waals surface area (Å²) in [6.45, 7) is 4.66. The first-order chi connectivity index (χ1) is 8.79. The van der Waals surface area contributed by atoms with Crippen LogP contribution >= 0.6 is 0 Å². The Morgan fingerprint density at radius 3 is 3.00 bits per heavy atom. The summed E-state index contributed by atoms with van der Waals surface area (Å²) in [6, 6.07) is 5.14. The molecule has 1 aliphatic carbocycles. The van der Waals surface area contributed by atoms with E-state index in [9.17, 15) is 4.39 Å². The van der Waals surface area contributed by atoms with E-state index in [0.29, 0.717) is 5.52 Å². The van der Waals surface area contributed by atoms with Crippen LogP contribution in [0.15, 0.2) is 18.2 Å². The maximum absolute atomic E-state index is 13.7. The number of aromatic nitrogens is 2. The number of para-hydroxylation sites is 1. The monoisotopic (exact) mass is 247 g/mol. The van der Waals surface area contributed by atoms with E-state index in [4.69, 9.17) is 0 Å². The number of fused-ring (bicyclic) bond motifs is 1. The molecule has 0 unspecified atom stereocenters. The largest absolute Gasteiger partial charge is 0.327 e. The minimum absolute atomic E-state index is 0.233. The molecule has 1 N–H and O–H groups in total. The molecule has 2 aromatic rings. The Balaban J connectivity index is 1.87. The van der Waals surface area contributed by atoms with Crippen molar-refractivity contribution in [3.05, 3.63) is 29.8 Å². The lowest BCUT2D eigenvalue weighted by atomic mass is 10.3. The molecule has 3 rings (SSSR count). The van der Waals surface area contributed by atoms with Crippen molar-refractivity contribution in [2.24, 2.45) is 5.92 Å². The van der Waals surface area contributed by atoms with Crippen molar-refractivity contribution in [2.75, 3.05) is 6.54 Å². The Kier molecular flexibility index (Phi) is 3.04. The number of aryl methyl sites for hydroxylation is 1. The third-order valence-corrected chi connectivity index (χ3v) is 3.54. The van der Waals surface area contributed by atoms with Crippen LogP contribution < -0.4 is 5.32 Å². The number of imidazole rings is 1. The average molecular weight is 247 g/mol. The number of halogens is 1. The van der Waals surface area contributed by atoms with Gasteiger partial charge < -0.3 is 9.88 Å². The highest BCUT2D eigenvalue weighted by Gasteiger charge is 2.20. The predicted molar refractivity (Wildman–Crippen MR) is 69.8 cm³/mol. The first-order valence-corrected chi connectivity index (χ1v) is 6.64. The van der Waals surface area contributed by atoms with Crippen LogP contribution in [-0.4, -0.2) is 16.1 Å². The second-order valence-electron chi connectivity index (χ2n) is 4.95. The Morgan fingerprint density at radius 1 is 1.44 bits per heavy atom. The zero-order chi connectivity index (χ0) is 12.5. The van der Waals surface area contributed by atoms with E-state index in [1.54, 1.807) is 6.07 Å². The van der Waals surface area contributed by atoms with Gasteiger partial charge in [-0.3, -0.25) is 0 Å². The number of nitrogens with zero attached hydrogens (tertiary/aromatic N) is 2. The average Bonchev–Trinajstić information content (AvgIpc) is 3.10. The molecule has 1 aliphatic rings. The van der Waals surface area contributed by atoms with Gasteiger partial charge in [0.2, 0.25) is 0 Å². The summed E-state index contributed by atoms with van der Waals surface area (Å²) in [7, 11) is 0. The fourth-order valence-electron chi connectivity index (χ4n) is 2.36. The molecule has 0 aliphatic heterocycles. The standard InChI is InChI=1S/C14H18FN3/c1-2-18-12-5-3-4-11(15)14(12)17-13(18)9-16-8-10-6-7-10/h3-5,10,16H,2,6-9H2,1H3. The molecule has 1 fully saturated rings. The van der Waals surface area contributed by atoms with E-state index in [1.165, 1.54) is 18.9 Å². The quantitative estimate of drug-likeness (QED) is 0.880. The summed E-state index contributed by atoms with van der Waals surface area (Å²) in [5.74, 6) is 1.54. The molecule has 0 saturated heterocycles. The van der Waals surface area contributed by atoms with Gasteiger partial charge >= 0.3 is 0 Å². The van der Waals surface area contributed by atoms with Crippen LogP contribution in [0.25, 0.3) is 11.0 Å². The minimum Gasteiger partial charge on any atom is -0.327 e. The van der Waals surface area contributed by atoms with Crippen LogP contribution in [-0.2, 0) is 13.1 Å². The molecule has 18 heavy (non-hydrogen) atoms. The fraction of sp³-hybridized carbons (Fsp3) is 0.500. The first-order valence-electron chi connectivity index (χ1n) is 6.64. The van der Waals surface area contributed by atoms with Crippen LogP contribution in [0.1, 0.15) is 25.6 Å². The highest BCUT2D eigenvalue weighted by Crippen LogP contribution is 2.27. The smallest absolute Gasteiger partial charge is 0.151 e. The Hall–Kier alpha value is -1.42. The Labute approximate surface area is 106 Å². The second kappa shape index (κ2) is 4.69. The number of hydrogen-bond donors (Lipinski definition) is 1. The van der Waals surface area contributed by atoms with Crippen molar-refractivity contribution in [3.63, 3.8) is 0 Å². The normalized spacial score (nSPS) is 15.4. The molecule has 3 nitrogen and oxygen atoms in total. The minimum atomic E-state index is -0.233. The Bertz CT molecular complexity index is 557. The van der Waals surface area contributed by atoms with E-state index in [-0.39, 0.29) is 5.82 Å². The van der Waals surface area contributed by atoms with Crippen molar-refractivity contribution in [2.45, 2.75) is 32.9 Å². The molecule has 96 valence electrons. The summed E-state index contributed by atoms with van der Waals surface area (Å²) in [4.78, 5) is 4.43. The van der Waals surface area contributed by atoms with Crippen molar-refractivity contribution in [3.8, 4) is 0 Å². The molecule has 1 aromatic heterocycles. The molecule has 0 spiro atoms. The molecule has 0 radical (unpaired) electrons. The molecule has 0 atom stereocenters. The van der Waals surface area contributed by atoms with Gasteiger partial charge in [0.15, 0.2) is 5.82 Å². The number of nitrogens with one attached hydrogen (secondary N) is 1. The second-order valence-corrected chi connectivity index (χ2v) is 4.95. The van der Waals surface area contributed by atoms with Crippen molar-refractivity contribution in [1.82, 2.24) is 14.9 Å². The van der Waals surface area contributed by atoms with E-state index in [2.05, 4.69) is 21.8 Å². The van der Waals surface area contributed by atoms with E-state index in [0.717, 1.165) is 36.9 Å². The Morgan fingerprint density at radius 2 is 2.28 bits per heavy atom. The maximum atomic E-state index is 13.7. The lowest BCUT2D eigenvalue weighted by Crippen LogP contribution is -2.19. The highest BCUT2D eigenvalue weighted by atomic mass is 19.1. The van der Waals surface area contributed by atoms with Crippen LogP contribution in [0.5, 0.6) is 0 Å². The topological polar surface area (TPSA) is 29.9 Å². The number of hydrogen-bond acceptors (Lipinski definition) is 2. The molecule has 1 saturated carbocycles. The van der Waals surface area contributed by atoms with Gasteiger partial charge in [-0.2, -0.15) is 0 Å². The van der Waals surface area contributed by atoms with E-state index in [1.807, 2.05) is 6.07 Å². The van der Waals surface area contributed by atoms with E-state index >= 15 is 0 Å². The fourth-order valence-corrected chi connectivity index (χ4v) is 2.36. The molecular weight excluding hydrogens is 229 g/mol. The van der Waals surface area contributed by atoms with Crippen LogP contribution in [0.3, 0.4) is 0 Å². The third-order valence-electron chi connectivity index (χ3n) is 3.54. The van der Waals surface area contributed by atoms with Crippen LogP contribution in [0.4, 0.5) is 4.39 Å². The molecule has 1 aromatic carbocycles. The lowest BCUT2D eigenvalue weighted by Gasteiger charge is -2.06. The van der Waals surface area contributed by atoms with E-state index < -0.39 is 0 Å². The first kappa shape index (κ1) is 11.7. The van der Waals surface area contributed by atoms with Crippen molar-refractivity contribution >= 4 is 11.0 Å². The lowest BCUT2D eigenvalue weighted by molar-refractivity contribution is 0.593. The van der Waals surface area contributed by atoms with Gasteiger partial charge in [-0.25, -0.2) is 9.37 Å². The molecule has 0 amide bonds. The van der Waals surface area contributed by atoms with Gasteiger partial charge in [-0.05, 0) is 44.4 Å². The number of benzene rings is 1. The van der Waals surface area contributed by atoms with Crippen LogP contribution in [0, 0.1) is 11.7 Å². The molecular formula is C14H18FN3. The van der Waals surface area contributed by atoms with Crippen molar-refractivity contribution < 1.29 is 4.39 Å². The van der Waals surface area contributed by atoms with Gasteiger partial charge in [0.25, 0.3) is 0 Å². The number of rotatable bonds is 5. The summed E-state index contributed by atoms with van der Waals surface area (Å²) < 4.78 is 15.8. The highest BCUT2D eigenvalue weighted by molar-refractivity contribution is 5.76. The maximum Gasteiger partial charge on any atom is 0.151 e. The van der Waals surface area contributed by atoms with Gasteiger partial charge in [0.05, 0.1) is 12.1 Å². The summed E-state index contributed by atoms with van der Waals surface area (Å²) in [5.41, 5.74) is 1.38. The summed E-state index contributed by atoms with van der Waals surface area (Å²) >= 11 is 0.